The summed E-state index contributed by atoms with van der Waals surface area (Å²) in [5.41, 5.74) is 2.47. The van der Waals surface area contributed by atoms with Crippen LogP contribution in [0.1, 0.15) is 11.3 Å². The van der Waals surface area contributed by atoms with Gasteiger partial charge in [0.2, 0.25) is 0 Å². The van der Waals surface area contributed by atoms with Crippen LogP contribution in [0.4, 0.5) is 13.2 Å². The van der Waals surface area contributed by atoms with Gasteiger partial charge in [-0.1, -0.05) is 18.2 Å². The summed E-state index contributed by atoms with van der Waals surface area (Å²) in [6.07, 6.45) is -1.19. The lowest BCUT2D eigenvalue weighted by atomic mass is 10.1. The molecule has 0 aliphatic rings. The lowest BCUT2D eigenvalue weighted by molar-refractivity contribution is -0.137. The second-order valence-electron chi connectivity index (χ2n) is 6.59. The minimum atomic E-state index is -4.45. The van der Waals surface area contributed by atoms with E-state index in [1.54, 1.807) is 10.6 Å². The first kappa shape index (κ1) is 18.5. The Hall–Kier alpha value is -3.53. The van der Waals surface area contributed by atoms with Crippen molar-refractivity contribution in [2.45, 2.75) is 13.1 Å². The topological polar surface area (TPSA) is 71.8 Å². The number of rotatable bonds is 3. The summed E-state index contributed by atoms with van der Waals surface area (Å²) in [4.78, 5) is 9.48. The molecule has 0 radical (unpaired) electrons. The molecule has 4 heterocycles. The van der Waals surface area contributed by atoms with Crippen LogP contribution >= 0.6 is 11.3 Å². The molecule has 150 valence electrons. The van der Waals surface area contributed by atoms with Gasteiger partial charge in [0.25, 0.3) is 0 Å². The van der Waals surface area contributed by atoms with E-state index in [0.29, 0.717) is 27.0 Å². The molecule has 5 rings (SSSR count). The zero-order valence-electron chi connectivity index (χ0n) is 15.5. The molecule has 0 saturated carbocycles. The molecule has 0 aliphatic carbocycles. The maximum Gasteiger partial charge on any atom is 0.416 e. The van der Waals surface area contributed by atoms with Crippen LogP contribution in [0, 0.1) is 6.92 Å². The minimum Gasteiger partial charge on any atom is -0.265 e. The van der Waals surface area contributed by atoms with Crippen molar-refractivity contribution in [3.05, 3.63) is 66.2 Å². The van der Waals surface area contributed by atoms with Crippen LogP contribution in [-0.4, -0.2) is 29.8 Å². The summed E-state index contributed by atoms with van der Waals surface area (Å²) in [7, 11) is 0. The third-order valence-electron chi connectivity index (χ3n) is 4.64. The van der Waals surface area contributed by atoms with Crippen molar-refractivity contribution in [2.75, 3.05) is 0 Å². The Labute approximate surface area is 172 Å². The van der Waals surface area contributed by atoms with Crippen molar-refractivity contribution in [1.29, 1.82) is 0 Å². The van der Waals surface area contributed by atoms with Crippen molar-refractivity contribution >= 4 is 16.9 Å². The average Bonchev–Trinajstić information content (AvgIpc) is 3.44. The van der Waals surface area contributed by atoms with Crippen LogP contribution in [0.15, 0.2) is 55.0 Å². The quantitative estimate of drug-likeness (QED) is 0.428. The Bertz CT molecular complexity index is 1350. The Morgan fingerprint density at radius 1 is 1.10 bits per heavy atom. The first-order chi connectivity index (χ1) is 14.4. The van der Waals surface area contributed by atoms with E-state index in [4.69, 9.17) is 4.98 Å². The number of halogens is 3. The van der Waals surface area contributed by atoms with E-state index in [2.05, 4.69) is 20.3 Å². The van der Waals surface area contributed by atoms with Gasteiger partial charge in [-0.3, -0.25) is 5.10 Å². The van der Waals surface area contributed by atoms with E-state index in [1.165, 1.54) is 23.7 Å². The maximum absolute atomic E-state index is 13.3. The molecule has 6 nitrogen and oxygen atoms in total. The largest absolute Gasteiger partial charge is 0.416 e. The van der Waals surface area contributed by atoms with E-state index in [1.807, 2.05) is 31.3 Å². The molecular weight excluding hydrogens is 413 g/mol. The Kier molecular flexibility index (Phi) is 4.17. The number of pyridine rings is 1. The van der Waals surface area contributed by atoms with E-state index in [9.17, 15) is 13.2 Å². The molecule has 0 fully saturated rings. The van der Waals surface area contributed by atoms with Crippen LogP contribution < -0.4 is 0 Å². The van der Waals surface area contributed by atoms with Crippen LogP contribution in [0.2, 0.25) is 0 Å². The van der Waals surface area contributed by atoms with Crippen molar-refractivity contribution in [3.8, 4) is 32.5 Å². The van der Waals surface area contributed by atoms with Crippen LogP contribution in [0.3, 0.4) is 0 Å². The van der Waals surface area contributed by atoms with E-state index in [0.717, 1.165) is 28.9 Å². The number of aryl methyl sites for hydroxylation is 1. The molecule has 1 N–H and O–H groups in total. The second kappa shape index (κ2) is 6.77. The third-order valence-corrected chi connectivity index (χ3v) is 5.71. The molecule has 0 spiro atoms. The fourth-order valence-corrected chi connectivity index (χ4v) is 4.45. The highest BCUT2D eigenvalue weighted by atomic mass is 32.1. The molecular formula is C20H13F3N6S. The summed E-state index contributed by atoms with van der Waals surface area (Å²) in [6.45, 7) is 1.88. The number of thiazole rings is 1. The molecule has 10 heteroatoms. The fraction of sp³-hybridized carbons (Fsp3) is 0.100. The first-order valence-corrected chi connectivity index (χ1v) is 9.72. The average molecular weight is 426 g/mol. The van der Waals surface area contributed by atoms with Gasteiger partial charge < -0.3 is 0 Å². The lowest BCUT2D eigenvalue weighted by Gasteiger charge is -2.08. The lowest BCUT2D eigenvalue weighted by Crippen LogP contribution is -2.04. The summed E-state index contributed by atoms with van der Waals surface area (Å²) >= 11 is 1.32. The summed E-state index contributed by atoms with van der Waals surface area (Å²) < 4.78 is 41.5. The summed E-state index contributed by atoms with van der Waals surface area (Å²) in [5, 5.41) is 11.9. The standard InChI is InChI=1S/C20H13F3N6S/c1-11-15(14-7-2-3-8-29(14)28-11)19-26-16(17(30-19)18-24-10-25-27-18)12-5-4-6-13(9-12)20(21,22)23/h2-10H,1H3,(H,24,25,27). The molecule has 0 bridgehead atoms. The number of hydrogen-bond donors (Lipinski definition) is 1. The van der Waals surface area contributed by atoms with Crippen LogP contribution in [-0.2, 0) is 6.18 Å². The van der Waals surface area contributed by atoms with Crippen molar-refractivity contribution in [2.24, 2.45) is 0 Å². The molecule has 0 unspecified atom stereocenters. The SMILES string of the molecule is Cc1nn2ccccc2c1-c1nc(-c2cccc(C(F)(F)F)c2)c(-c2nc[nH]n2)s1. The number of nitrogens with zero attached hydrogens (tertiary/aromatic N) is 5. The van der Waals surface area contributed by atoms with Gasteiger partial charge >= 0.3 is 6.18 Å². The highest BCUT2D eigenvalue weighted by Gasteiger charge is 2.31. The van der Waals surface area contributed by atoms with Gasteiger partial charge in [-0.2, -0.15) is 23.4 Å². The molecule has 1 aromatic carbocycles. The Morgan fingerprint density at radius 2 is 1.97 bits per heavy atom. The molecule has 0 saturated heterocycles. The zero-order chi connectivity index (χ0) is 20.9. The highest BCUT2D eigenvalue weighted by Crippen LogP contribution is 2.42. The number of benzene rings is 1. The van der Waals surface area contributed by atoms with Crippen molar-refractivity contribution < 1.29 is 13.2 Å². The molecule has 5 aromatic rings. The van der Waals surface area contributed by atoms with E-state index < -0.39 is 11.7 Å². The second-order valence-corrected chi connectivity index (χ2v) is 7.59. The van der Waals surface area contributed by atoms with E-state index in [-0.39, 0.29) is 0 Å². The maximum atomic E-state index is 13.3. The predicted molar refractivity (Wildman–Crippen MR) is 107 cm³/mol. The number of hydrogen-bond acceptors (Lipinski definition) is 5. The number of fused-ring (bicyclic) bond motifs is 1. The monoisotopic (exact) mass is 426 g/mol. The third kappa shape index (κ3) is 3.05. The van der Waals surface area contributed by atoms with Gasteiger partial charge in [0.05, 0.1) is 28.0 Å². The normalized spacial score (nSPS) is 12.0. The molecule has 0 aliphatic heterocycles. The smallest absolute Gasteiger partial charge is 0.265 e. The predicted octanol–water partition coefficient (Wildman–Crippen LogP) is 5.24. The Balaban J connectivity index is 1.74. The van der Waals surface area contributed by atoms with E-state index >= 15 is 0 Å². The van der Waals surface area contributed by atoms with Gasteiger partial charge in [0.1, 0.15) is 16.2 Å². The van der Waals surface area contributed by atoms with Crippen molar-refractivity contribution in [1.82, 2.24) is 29.8 Å². The van der Waals surface area contributed by atoms with Crippen LogP contribution in [0.5, 0.6) is 0 Å². The van der Waals surface area contributed by atoms with Crippen molar-refractivity contribution in [3.63, 3.8) is 0 Å². The van der Waals surface area contributed by atoms with Gasteiger partial charge in [0.15, 0.2) is 5.82 Å². The summed E-state index contributed by atoms with van der Waals surface area (Å²) in [6, 6.07) is 10.8. The highest BCUT2D eigenvalue weighted by molar-refractivity contribution is 7.19. The molecule has 0 atom stereocenters. The van der Waals surface area contributed by atoms with Gasteiger partial charge in [-0.15, -0.1) is 11.3 Å². The Morgan fingerprint density at radius 3 is 2.73 bits per heavy atom. The number of H-pyrrole nitrogens is 1. The fourth-order valence-electron chi connectivity index (χ4n) is 3.32. The number of aromatic amines is 1. The summed E-state index contributed by atoms with van der Waals surface area (Å²) in [5.74, 6) is 0.375. The molecule has 4 aromatic heterocycles. The van der Waals surface area contributed by atoms with Crippen LogP contribution in [0.25, 0.3) is 38.0 Å². The zero-order valence-corrected chi connectivity index (χ0v) is 16.3. The first-order valence-electron chi connectivity index (χ1n) is 8.91. The number of aromatic nitrogens is 6. The minimum absolute atomic E-state index is 0.348. The number of alkyl halides is 3. The van der Waals surface area contributed by atoms with Gasteiger partial charge in [0, 0.05) is 11.8 Å². The molecule has 0 amide bonds. The van der Waals surface area contributed by atoms with Gasteiger partial charge in [-0.05, 0) is 31.2 Å². The number of nitrogens with one attached hydrogen (secondary N) is 1. The van der Waals surface area contributed by atoms with Gasteiger partial charge in [-0.25, -0.2) is 14.5 Å². The molecule has 30 heavy (non-hydrogen) atoms.